The van der Waals surface area contributed by atoms with Crippen LogP contribution >= 0.6 is 11.3 Å². The first-order valence-corrected chi connectivity index (χ1v) is 17.5. The van der Waals surface area contributed by atoms with Gasteiger partial charge in [0, 0.05) is 32.6 Å². The largest absolute Gasteiger partial charge is 0.492 e. The third-order valence-electron chi connectivity index (χ3n) is 8.74. The number of hydrogen-bond donors (Lipinski definition) is 0. The van der Waals surface area contributed by atoms with Gasteiger partial charge in [-0.25, -0.2) is 0 Å². The molecule has 0 aliphatic carbocycles. The van der Waals surface area contributed by atoms with Crippen LogP contribution < -0.4 is 14.2 Å². The summed E-state index contributed by atoms with van der Waals surface area (Å²) in [7, 11) is 0. The number of nitrogens with zero attached hydrogens (tertiary/aromatic N) is 1. The Morgan fingerprint density at radius 3 is 1.88 bits per heavy atom. The van der Waals surface area contributed by atoms with Crippen molar-refractivity contribution in [3.05, 3.63) is 150 Å². The zero-order chi connectivity index (χ0) is 32.5. The Hall–Kier alpha value is -4.91. The number of ether oxygens (including phenoxy) is 3. The van der Waals surface area contributed by atoms with Gasteiger partial charge in [0.1, 0.15) is 37.1 Å². The Morgan fingerprint density at radius 1 is 0.625 bits per heavy atom. The van der Waals surface area contributed by atoms with E-state index in [0.29, 0.717) is 30.9 Å². The van der Waals surface area contributed by atoms with Gasteiger partial charge in [0.2, 0.25) is 0 Å². The summed E-state index contributed by atoms with van der Waals surface area (Å²) in [5.41, 5.74) is 4.51. The van der Waals surface area contributed by atoms with E-state index in [4.69, 9.17) is 14.2 Å². The van der Waals surface area contributed by atoms with Gasteiger partial charge >= 0.3 is 0 Å². The number of benzene rings is 5. The number of rotatable bonds is 13. The van der Waals surface area contributed by atoms with E-state index in [0.717, 1.165) is 68.5 Å². The van der Waals surface area contributed by atoms with Crippen molar-refractivity contribution in [2.45, 2.75) is 32.5 Å². The molecule has 1 aliphatic rings. The van der Waals surface area contributed by atoms with E-state index in [9.17, 15) is 4.79 Å². The number of fused-ring (bicyclic) bond motifs is 1. The molecule has 5 nitrogen and oxygen atoms in total. The maximum atomic E-state index is 14.3. The Morgan fingerprint density at radius 2 is 1.21 bits per heavy atom. The molecule has 0 bridgehead atoms. The highest BCUT2D eigenvalue weighted by atomic mass is 32.1. The molecule has 0 radical (unpaired) electrons. The monoisotopic (exact) mass is 653 g/mol. The fraction of sp³-hybridized carbons (Fsp3) is 0.214. The minimum atomic E-state index is -0.0153. The molecule has 0 atom stereocenters. The van der Waals surface area contributed by atoms with Gasteiger partial charge < -0.3 is 14.2 Å². The lowest BCUT2D eigenvalue weighted by atomic mass is 9.97. The molecule has 0 saturated carbocycles. The van der Waals surface area contributed by atoms with Crippen molar-refractivity contribution in [2.75, 3.05) is 26.2 Å². The van der Waals surface area contributed by atoms with E-state index in [2.05, 4.69) is 29.2 Å². The normalized spacial score (nSPS) is 13.3. The lowest BCUT2D eigenvalue weighted by molar-refractivity contribution is 0.104. The SMILES string of the molecule is O=C(c1ccc(OCCN2CCCCC2)cc1)c1c(-c2ccc(OCc3ccccc3)cc2)sc2cc(OCc3ccccc3)ccc12. The molecule has 0 spiro atoms. The number of piperidine rings is 1. The summed E-state index contributed by atoms with van der Waals surface area (Å²) in [6.07, 6.45) is 3.86. The highest BCUT2D eigenvalue weighted by Crippen LogP contribution is 2.42. The van der Waals surface area contributed by atoms with Gasteiger partial charge in [-0.3, -0.25) is 9.69 Å². The number of carbonyl (C=O) groups is 1. The number of hydrogen-bond acceptors (Lipinski definition) is 6. The summed E-state index contributed by atoms with van der Waals surface area (Å²) in [6.45, 7) is 4.85. The van der Waals surface area contributed by atoms with Gasteiger partial charge in [-0.05, 0) is 109 Å². The van der Waals surface area contributed by atoms with Crippen molar-refractivity contribution in [1.82, 2.24) is 4.90 Å². The lowest BCUT2D eigenvalue weighted by Gasteiger charge is -2.26. The maximum Gasteiger partial charge on any atom is 0.195 e. The third kappa shape index (κ3) is 7.79. The molecule has 2 heterocycles. The summed E-state index contributed by atoms with van der Waals surface area (Å²) < 4.78 is 19.2. The fourth-order valence-corrected chi connectivity index (χ4v) is 7.34. The summed E-state index contributed by atoms with van der Waals surface area (Å²) in [4.78, 5) is 17.7. The Bertz CT molecular complexity index is 1930. The molecule has 0 unspecified atom stereocenters. The van der Waals surface area contributed by atoms with Gasteiger partial charge in [0.15, 0.2) is 5.78 Å². The first-order chi connectivity index (χ1) is 23.7. The van der Waals surface area contributed by atoms with E-state index >= 15 is 0 Å². The molecule has 6 aromatic rings. The van der Waals surface area contributed by atoms with Crippen molar-refractivity contribution in [3.8, 4) is 27.7 Å². The van der Waals surface area contributed by atoms with Crippen LogP contribution in [0.2, 0.25) is 0 Å². The topological polar surface area (TPSA) is 48.0 Å². The smallest absolute Gasteiger partial charge is 0.195 e. The van der Waals surface area contributed by atoms with E-state index < -0.39 is 0 Å². The molecule has 0 N–H and O–H groups in total. The van der Waals surface area contributed by atoms with E-state index in [-0.39, 0.29) is 5.78 Å². The molecular formula is C42H39NO4S. The van der Waals surface area contributed by atoms with Crippen molar-refractivity contribution in [2.24, 2.45) is 0 Å². The second-order valence-electron chi connectivity index (χ2n) is 12.1. The van der Waals surface area contributed by atoms with Gasteiger partial charge in [0.05, 0.1) is 0 Å². The van der Waals surface area contributed by atoms with E-state index in [1.807, 2.05) is 103 Å². The van der Waals surface area contributed by atoms with Crippen LogP contribution in [0.3, 0.4) is 0 Å². The van der Waals surface area contributed by atoms with Crippen LogP contribution in [0.15, 0.2) is 127 Å². The first kappa shape index (κ1) is 31.7. The number of thiophene rings is 1. The van der Waals surface area contributed by atoms with Crippen LogP contribution in [0, 0.1) is 0 Å². The Kier molecular flexibility index (Phi) is 10.1. The van der Waals surface area contributed by atoms with Gasteiger partial charge in [-0.15, -0.1) is 11.3 Å². The fourth-order valence-electron chi connectivity index (χ4n) is 6.10. The quantitative estimate of drug-likeness (QED) is 0.116. The molecule has 5 aromatic carbocycles. The minimum absolute atomic E-state index is 0.0153. The van der Waals surface area contributed by atoms with Crippen LogP contribution in [0.25, 0.3) is 20.5 Å². The lowest BCUT2D eigenvalue weighted by Crippen LogP contribution is -2.33. The molecule has 1 aliphatic heterocycles. The second-order valence-corrected chi connectivity index (χ2v) is 13.2. The minimum Gasteiger partial charge on any atom is -0.492 e. The summed E-state index contributed by atoms with van der Waals surface area (Å²) in [5, 5.41) is 0.915. The highest BCUT2D eigenvalue weighted by molar-refractivity contribution is 7.22. The van der Waals surface area contributed by atoms with Gasteiger partial charge in [-0.2, -0.15) is 0 Å². The van der Waals surface area contributed by atoms with Crippen molar-refractivity contribution in [3.63, 3.8) is 0 Å². The average molecular weight is 654 g/mol. The Labute approximate surface area is 286 Å². The second kappa shape index (κ2) is 15.3. The van der Waals surface area contributed by atoms with Crippen LogP contribution in [0.5, 0.6) is 17.2 Å². The first-order valence-electron chi connectivity index (χ1n) is 16.7. The number of likely N-dealkylation sites (tertiary alicyclic amines) is 1. The molecule has 242 valence electrons. The van der Waals surface area contributed by atoms with Crippen LogP contribution in [0.4, 0.5) is 0 Å². The van der Waals surface area contributed by atoms with Crippen LogP contribution in [-0.4, -0.2) is 36.9 Å². The number of carbonyl (C=O) groups excluding carboxylic acids is 1. The average Bonchev–Trinajstić information content (AvgIpc) is 3.53. The highest BCUT2D eigenvalue weighted by Gasteiger charge is 2.22. The van der Waals surface area contributed by atoms with E-state index in [1.54, 1.807) is 11.3 Å². The number of ketones is 1. The third-order valence-corrected chi connectivity index (χ3v) is 9.94. The molecule has 0 amide bonds. The van der Waals surface area contributed by atoms with Crippen molar-refractivity contribution in [1.29, 1.82) is 0 Å². The summed E-state index contributed by atoms with van der Waals surface area (Å²) in [5.74, 6) is 2.32. The molecule has 1 fully saturated rings. The zero-order valence-electron chi connectivity index (χ0n) is 27.0. The van der Waals surface area contributed by atoms with Crippen LogP contribution in [-0.2, 0) is 13.2 Å². The maximum absolute atomic E-state index is 14.3. The van der Waals surface area contributed by atoms with Crippen molar-refractivity contribution >= 4 is 27.2 Å². The predicted octanol–water partition coefficient (Wildman–Crippen LogP) is 9.82. The molecule has 1 saturated heterocycles. The zero-order valence-corrected chi connectivity index (χ0v) is 27.8. The molecule has 6 heteroatoms. The van der Waals surface area contributed by atoms with Crippen molar-refractivity contribution < 1.29 is 19.0 Å². The predicted molar refractivity (Wildman–Crippen MR) is 194 cm³/mol. The standard InChI is InChI=1S/C42H39NO4S/c44-41(33-14-18-35(19-15-33)45-27-26-43-24-8-3-9-25-43)40-38-23-22-37(47-30-32-12-6-2-7-13-32)28-39(38)48-42(40)34-16-20-36(21-17-34)46-29-31-10-4-1-5-11-31/h1-2,4-7,10-23,28H,3,8-9,24-27,29-30H2. The van der Waals surface area contributed by atoms with Gasteiger partial charge in [0.25, 0.3) is 0 Å². The molecule has 48 heavy (non-hydrogen) atoms. The molecule has 7 rings (SSSR count). The summed E-state index contributed by atoms with van der Waals surface area (Å²) >= 11 is 1.61. The molecule has 1 aromatic heterocycles. The van der Waals surface area contributed by atoms with Crippen LogP contribution in [0.1, 0.15) is 46.3 Å². The molecular weight excluding hydrogens is 615 g/mol. The van der Waals surface area contributed by atoms with Gasteiger partial charge in [-0.1, -0.05) is 67.1 Å². The Balaban J connectivity index is 1.13. The summed E-state index contributed by atoms with van der Waals surface area (Å²) in [6, 6.07) is 41.9. The van der Waals surface area contributed by atoms with E-state index in [1.165, 1.54) is 19.3 Å².